The maximum atomic E-state index is 9.24. The van der Waals surface area contributed by atoms with Crippen LogP contribution in [0.4, 0.5) is 0 Å². The molecule has 3 aliphatic heterocycles. The molecule has 0 aromatic heterocycles. The molecule has 7 heteroatoms. The molecule has 0 spiro atoms. The molecule has 163 valence electrons. The van der Waals surface area contributed by atoms with Crippen LogP contribution in [0.2, 0.25) is 0 Å². The van der Waals surface area contributed by atoms with Crippen molar-refractivity contribution in [3.8, 4) is 0 Å². The van der Waals surface area contributed by atoms with E-state index in [1.54, 1.807) is 0 Å². The Labute approximate surface area is 172 Å². The molecule has 0 amide bonds. The molecular formula is C21H43N6O. The Bertz CT molecular complexity index is 454. The number of aliphatic hydroxyl groups excluding tert-OH is 1. The highest BCUT2D eigenvalue weighted by atomic mass is 16.3. The molecule has 0 aromatic carbocycles. The van der Waals surface area contributed by atoms with E-state index in [9.17, 15) is 5.11 Å². The van der Waals surface area contributed by atoms with Crippen molar-refractivity contribution in [2.75, 3.05) is 85.1 Å². The van der Waals surface area contributed by atoms with Gasteiger partial charge in [-0.25, -0.2) is 5.32 Å². The van der Waals surface area contributed by atoms with Crippen LogP contribution in [0.25, 0.3) is 0 Å². The molecule has 1 N–H and O–H groups in total. The minimum absolute atomic E-state index is 0.267. The van der Waals surface area contributed by atoms with E-state index in [1.807, 2.05) is 0 Å². The van der Waals surface area contributed by atoms with Gasteiger partial charge in [-0.2, -0.15) is 0 Å². The maximum absolute atomic E-state index is 9.24. The number of piperazine rings is 3. The number of hydrogen-bond acceptors (Lipinski definition) is 6. The number of aliphatic hydroxyl groups is 1. The highest BCUT2D eigenvalue weighted by Gasteiger charge is 2.39. The third kappa shape index (κ3) is 5.88. The van der Waals surface area contributed by atoms with E-state index in [-0.39, 0.29) is 6.61 Å². The van der Waals surface area contributed by atoms with Gasteiger partial charge in [-0.3, -0.25) is 24.5 Å². The Balaban J connectivity index is 1.65. The van der Waals surface area contributed by atoms with Crippen molar-refractivity contribution in [1.29, 1.82) is 0 Å². The average molecular weight is 396 g/mol. The van der Waals surface area contributed by atoms with Gasteiger partial charge in [0.05, 0.1) is 18.9 Å². The molecule has 0 aromatic rings. The Morgan fingerprint density at radius 2 is 1.64 bits per heavy atom. The van der Waals surface area contributed by atoms with E-state index in [0.717, 1.165) is 72.0 Å². The third-order valence-corrected chi connectivity index (χ3v) is 6.58. The fourth-order valence-corrected chi connectivity index (χ4v) is 4.99. The lowest BCUT2D eigenvalue weighted by Gasteiger charge is -2.53. The molecule has 3 heterocycles. The van der Waals surface area contributed by atoms with Gasteiger partial charge in [0, 0.05) is 84.6 Å². The predicted molar refractivity (Wildman–Crippen MR) is 114 cm³/mol. The summed E-state index contributed by atoms with van der Waals surface area (Å²) in [5, 5.41) is 14.3. The summed E-state index contributed by atoms with van der Waals surface area (Å²) in [4.78, 5) is 13.0. The summed E-state index contributed by atoms with van der Waals surface area (Å²) < 4.78 is 0. The van der Waals surface area contributed by atoms with Crippen LogP contribution in [0.3, 0.4) is 0 Å². The number of nitrogens with zero attached hydrogens (tertiary/aromatic N) is 6. The first-order valence-electron chi connectivity index (χ1n) is 11.4. The standard InChI is InChI=1S/C21H43N6O/c1-18(2)15-24-6-5-22-20(16-24)27-12-11-26(19(3)4)17-21(27)25-9-7-23(8-10-25)13-14-28/h18-21,28H,5-17H2,1-4H3. The minimum Gasteiger partial charge on any atom is -0.395 e. The quantitative estimate of drug-likeness (QED) is 0.647. The van der Waals surface area contributed by atoms with Crippen molar-refractivity contribution in [3.05, 3.63) is 0 Å². The maximum Gasteiger partial charge on any atom is 0.0903 e. The lowest BCUT2D eigenvalue weighted by molar-refractivity contribution is -0.0858. The van der Waals surface area contributed by atoms with Crippen LogP contribution in [-0.2, 0) is 0 Å². The monoisotopic (exact) mass is 395 g/mol. The zero-order valence-electron chi connectivity index (χ0n) is 18.6. The van der Waals surface area contributed by atoms with Gasteiger partial charge in [0.2, 0.25) is 0 Å². The van der Waals surface area contributed by atoms with Gasteiger partial charge >= 0.3 is 0 Å². The van der Waals surface area contributed by atoms with Crippen LogP contribution in [0.1, 0.15) is 27.7 Å². The topological polar surface area (TPSA) is 50.5 Å². The first-order valence-corrected chi connectivity index (χ1v) is 11.4. The van der Waals surface area contributed by atoms with Crippen molar-refractivity contribution < 1.29 is 5.11 Å². The Kier molecular flexibility index (Phi) is 8.53. The summed E-state index contributed by atoms with van der Waals surface area (Å²) in [5.41, 5.74) is 0. The Hall–Kier alpha value is -0.280. The summed E-state index contributed by atoms with van der Waals surface area (Å²) >= 11 is 0. The third-order valence-electron chi connectivity index (χ3n) is 6.58. The van der Waals surface area contributed by atoms with E-state index >= 15 is 0 Å². The lowest BCUT2D eigenvalue weighted by Crippen LogP contribution is -2.69. The molecule has 0 aliphatic carbocycles. The van der Waals surface area contributed by atoms with Crippen molar-refractivity contribution in [2.24, 2.45) is 5.92 Å². The normalized spacial score (nSPS) is 30.5. The van der Waals surface area contributed by atoms with E-state index in [0.29, 0.717) is 24.3 Å². The molecule has 3 rings (SSSR count). The Morgan fingerprint density at radius 1 is 0.893 bits per heavy atom. The smallest absolute Gasteiger partial charge is 0.0903 e. The predicted octanol–water partition coefficient (Wildman–Crippen LogP) is -0.149. The van der Waals surface area contributed by atoms with Crippen LogP contribution in [0.5, 0.6) is 0 Å². The SMILES string of the molecule is CC(C)CN1CC[N]C(N2CCN(C(C)C)CC2N2CCN(CCO)CC2)C1. The first kappa shape index (κ1) is 22.4. The molecule has 7 nitrogen and oxygen atoms in total. The minimum atomic E-state index is 0.267. The van der Waals surface area contributed by atoms with Crippen molar-refractivity contribution in [3.63, 3.8) is 0 Å². The second kappa shape index (κ2) is 10.7. The number of hydrogen-bond donors (Lipinski definition) is 1. The summed E-state index contributed by atoms with van der Waals surface area (Å²) in [7, 11) is 0. The zero-order chi connectivity index (χ0) is 20.1. The number of rotatable bonds is 7. The van der Waals surface area contributed by atoms with E-state index in [1.165, 1.54) is 6.54 Å². The molecular weight excluding hydrogens is 352 g/mol. The molecule has 28 heavy (non-hydrogen) atoms. The van der Waals surface area contributed by atoms with Gasteiger partial charge in [0.25, 0.3) is 0 Å². The van der Waals surface area contributed by atoms with Gasteiger partial charge in [0.1, 0.15) is 0 Å². The van der Waals surface area contributed by atoms with Crippen LogP contribution in [0.15, 0.2) is 0 Å². The highest BCUT2D eigenvalue weighted by Crippen LogP contribution is 2.21. The van der Waals surface area contributed by atoms with Gasteiger partial charge in [0.15, 0.2) is 0 Å². The van der Waals surface area contributed by atoms with Crippen LogP contribution >= 0.6 is 0 Å². The van der Waals surface area contributed by atoms with Crippen molar-refractivity contribution in [2.45, 2.75) is 46.1 Å². The summed E-state index contributed by atoms with van der Waals surface area (Å²) in [5.74, 6) is 0.715. The molecule has 1 radical (unpaired) electrons. The van der Waals surface area contributed by atoms with Crippen LogP contribution < -0.4 is 5.32 Å². The van der Waals surface area contributed by atoms with Crippen LogP contribution in [0, 0.1) is 5.92 Å². The average Bonchev–Trinajstić information content (AvgIpc) is 2.68. The second-order valence-corrected chi connectivity index (χ2v) is 9.45. The van der Waals surface area contributed by atoms with Gasteiger partial charge in [-0.1, -0.05) is 13.8 Å². The van der Waals surface area contributed by atoms with Gasteiger partial charge in [-0.15, -0.1) is 0 Å². The molecule has 2 atom stereocenters. The zero-order valence-corrected chi connectivity index (χ0v) is 18.6. The molecule has 3 fully saturated rings. The largest absolute Gasteiger partial charge is 0.395 e. The van der Waals surface area contributed by atoms with Crippen LogP contribution in [-0.4, -0.2) is 133 Å². The summed E-state index contributed by atoms with van der Waals surface area (Å²) in [6, 6.07) is 0.598. The van der Waals surface area contributed by atoms with E-state index in [2.05, 4.69) is 52.2 Å². The number of β-amino-alcohol motifs (C(OH)–C–C–N with tert-alkyl or cyclic N) is 1. The summed E-state index contributed by atoms with van der Waals surface area (Å²) in [6.07, 6.45) is 0.794. The Morgan fingerprint density at radius 3 is 2.29 bits per heavy atom. The lowest BCUT2D eigenvalue weighted by atomic mass is 10.1. The van der Waals surface area contributed by atoms with E-state index < -0.39 is 0 Å². The summed E-state index contributed by atoms with van der Waals surface area (Å²) in [6.45, 7) is 22.4. The fraction of sp³-hybridized carbons (Fsp3) is 1.00. The molecule has 2 unspecified atom stereocenters. The van der Waals surface area contributed by atoms with Crippen molar-refractivity contribution >= 4 is 0 Å². The molecule has 0 bridgehead atoms. The van der Waals surface area contributed by atoms with Crippen molar-refractivity contribution in [1.82, 2.24) is 29.8 Å². The highest BCUT2D eigenvalue weighted by molar-refractivity contribution is 4.91. The first-order chi connectivity index (χ1) is 13.5. The molecule has 3 aliphatic rings. The second-order valence-electron chi connectivity index (χ2n) is 9.45. The van der Waals surface area contributed by atoms with Gasteiger partial charge in [-0.05, 0) is 19.8 Å². The molecule has 0 saturated carbocycles. The fourth-order valence-electron chi connectivity index (χ4n) is 4.99. The van der Waals surface area contributed by atoms with E-state index in [4.69, 9.17) is 5.32 Å². The van der Waals surface area contributed by atoms with Gasteiger partial charge < -0.3 is 5.11 Å². The molecule has 3 saturated heterocycles.